The molecule has 6 heteroatoms. The molecular weight excluding hydrogens is 288 g/mol. The fourth-order valence-electron chi connectivity index (χ4n) is 0.668. The molecule has 126 valence electrons. The zero-order valence-corrected chi connectivity index (χ0v) is 13.8. The molecular formula is C16H26O6. The predicted octanol–water partition coefficient (Wildman–Crippen LogP) is 2.94. The first kappa shape index (κ1) is 24.6. The molecule has 0 aromatic carbocycles. The molecule has 22 heavy (non-hydrogen) atoms. The van der Waals surface area contributed by atoms with Crippen LogP contribution in [0.25, 0.3) is 0 Å². The van der Waals surface area contributed by atoms with Gasteiger partial charge in [-0.3, -0.25) is 4.79 Å². The van der Waals surface area contributed by atoms with Gasteiger partial charge in [-0.1, -0.05) is 33.1 Å². The lowest BCUT2D eigenvalue weighted by Gasteiger charge is -1.97. The Morgan fingerprint density at radius 2 is 1.68 bits per heavy atom. The normalized spacial score (nSPS) is 7.82. The summed E-state index contributed by atoms with van der Waals surface area (Å²) >= 11 is 0. The summed E-state index contributed by atoms with van der Waals surface area (Å²) in [6, 6.07) is 0. The Morgan fingerprint density at radius 3 is 1.86 bits per heavy atom. The summed E-state index contributed by atoms with van der Waals surface area (Å²) in [5.41, 5.74) is 0.433. The Morgan fingerprint density at radius 1 is 1.14 bits per heavy atom. The van der Waals surface area contributed by atoms with Crippen LogP contribution in [0.15, 0.2) is 37.6 Å². The number of esters is 3. The summed E-state index contributed by atoms with van der Waals surface area (Å²) in [7, 11) is 1.33. The lowest BCUT2D eigenvalue weighted by Crippen LogP contribution is -2.00. The van der Waals surface area contributed by atoms with Crippen LogP contribution in [0.5, 0.6) is 0 Å². The molecule has 0 saturated heterocycles. The number of hydrogen-bond donors (Lipinski definition) is 0. The van der Waals surface area contributed by atoms with E-state index in [1.807, 2.05) is 6.92 Å². The molecule has 0 bridgehead atoms. The molecule has 0 unspecified atom stereocenters. The monoisotopic (exact) mass is 314 g/mol. The highest BCUT2D eigenvalue weighted by Crippen LogP contribution is 1.88. The third-order valence-corrected chi connectivity index (χ3v) is 1.69. The van der Waals surface area contributed by atoms with Crippen molar-refractivity contribution in [3.05, 3.63) is 37.6 Å². The van der Waals surface area contributed by atoms with E-state index in [1.165, 1.54) is 20.1 Å². The fraction of sp³-hybridized carbons (Fsp3) is 0.438. The van der Waals surface area contributed by atoms with Gasteiger partial charge in [-0.2, -0.15) is 0 Å². The van der Waals surface area contributed by atoms with Gasteiger partial charge in [0, 0.05) is 18.6 Å². The van der Waals surface area contributed by atoms with Crippen LogP contribution in [-0.2, 0) is 28.6 Å². The van der Waals surface area contributed by atoms with Gasteiger partial charge < -0.3 is 14.2 Å². The van der Waals surface area contributed by atoms with Crippen LogP contribution in [0.2, 0.25) is 0 Å². The molecule has 0 heterocycles. The summed E-state index contributed by atoms with van der Waals surface area (Å²) in [6.07, 6.45) is 4.25. The van der Waals surface area contributed by atoms with Crippen molar-refractivity contribution < 1.29 is 28.6 Å². The zero-order valence-electron chi connectivity index (χ0n) is 13.8. The molecule has 0 spiro atoms. The third kappa shape index (κ3) is 26.2. The largest absolute Gasteiger partial charge is 0.466 e. The topological polar surface area (TPSA) is 78.9 Å². The minimum absolute atomic E-state index is 0.329. The van der Waals surface area contributed by atoms with Gasteiger partial charge in [0.2, 0.25) is 0 Å². The first-order chi connectivity index (χ1) is 10.3. The van der Waals surface area contributed by atoms with Gasteiger partial charge in [-0.05, 0) is 13.3 Å². The van der Waals surface area contributed by atoms with Crippen LogP contribution in [0.3, 0.4) is 0 Å². The summed E-state index contributed by atoms with van der Waals surface area (Å²) < 4.78 is 13.1. The summed E-state index contributed by atoms with van der Waals surface area (Å²) in [5, 5.41) is 0. The van der Waals surface area contributed by atoms with E-state index in [-0.39, 0.29) is 17.9 Å². The molecule has 0 amide bonds. The van der Waals surface area contributed by atoms with E-state index in [1.54, 1.807) is 6.92 Å². The predicted molar refractivity (Wildman–Crippen MR) is 84.9 cm³/mol. The molecule has 0 atom stereocenters. The van der Waals surface area contributed by atoms with Crippen molar-refractivity contribution in [2.75, 3.05) is 13.7 Å². The van der Waals surface area contributed by atoms with Gasteiger partial charge in [0.1, 0.15) is 0 Å². The van der Waals surface area contributed by atoms with Crippen molar-refractivity contribution in [2.45, 2.75) is 33.6 Å². The molecule has 0 aliphatic heterocycles. The quantitative estimate of drug-likeness (QED) is 0.246. The fourth-order valence-corrected chi connectivity index (χ4v) is 0.668. The number of methoxy groups -OCH3 is 1. The maximum absolute atomic E-state index is 10.3. The minimum Gasteiger partial charge on any atom is -0.466 e. The van der Waals surface area contributed by atoms with Crippen LogP contribution in [-0.4, -0.2) is 31.6 Å². The molecule has 0 fully saturated rings. The van der Waals surface area contributed by atoms with Crippen LogP contribution in [0.1, 0.15) is 33.6 Å². The number of carbonyl (C=O) groups is 3. The number of hydrogen-bond acceptors (Lipinski definition) is 6. The Kier molecular flexibility index (Phi) is 20.9. The smallest absolute Gasteiger partial charge is 0.332 e. The highest BCUT2D eigenvalue weighted by atomic mass is 16.5. The third-order valence-electron chi connectivity index (χ3n) is 1.69. The standard InChI is InChI=1S/C7H12O2.C5H8O2.C4H6O2/c1-3-5-6-9-7(8)4-2;1-4(2)5(6)7-3;1-3-6-4(2)5/h4H,2-3,5-6H2,1H3;1H2,2-3H3;3H,1H2,2H3. The molecule has 0 N–H and O–H groups in total. The summed E-state index contributed by atoms with van der Waals surface area (Å²) in [4.78, 5) is 30.3. The molecule has 0 radical (unpaired) electrons. The number of rotatable bonds is 6. The number of unbranched alkanes of at least 4 members (excludes halogenated alkanes) is 1. The Bertz CT molecular complexity index is 371. The summed E-state index contributed by atoms with van der Waals surface area (Å²) in [5.74, 6) is -1.01. The molecule has 0 rings (SSSR count). The van der Waals surface area contributed by atoms with E-state index in [9.17, 15) is 14.4 Å². The lowest BCUT2D eigenvalue weighted by atomic mass is 10.4. The van der Waals surface area contributed by atoms with Gasteiger partial charge in [0.25, 0.3) is 0 Å². The highest BCUT2D eigenvalue weighted by molar-refractivity contribution is 5.86. The molecule has 0 aliphatic carbocycles. The summed E-state index contributed by atoms with van der Waals surface area (Å²) in [6.45, 7) is 15.3. The average molecular weight is 314 g/mol. The average Bonchev–Trinajstić information content (AvgIpc) is 2.47. The van der Waals surface area contributed by atoms with Crippen molar-refractivity contribution >= 4 is 17.9 Å². The van der Waals surface area contributed by atoms with E-state index < -0.39 is 0 Å². The van der Waals surface area contributed by atoms with Crippen LogP contribution in [0.4, 0.5) is 0 Å². The second-order valence-corrected chi connectivity index (χ2v) is 3.77. The lowest BCUT2D eigenvalue weighted by molar-refractivity contribution is -0.138. The maximum Gasteiger partial charge on any atom is 0.332 e. The van der Waals surface area contributed by atoms with E-state index in [0.29, 0.717) is 12.2 Å². The van der Waals surface area contributed by atoms with Crippen LogP contribution < -0.4 is 0 Å². The Balaban J connectivity index is -0.000000252. The van der Waals surface area contributed by atoms with E-state index in [0.717, 1.165) is 19.1 Å². The minimum atomic E-state index is -0.347. The van der Waals surface area contributed by atoms with E-state index in [2.05, 4.69) is 33.9 Å². The first-order valence-corrected chi connectivity index (χ1v) is 6.57. The van der Waals surface area contributed by atoms with Gasteiger partial charge in [-0.25, -0.2) is 9.59 Å². The first-order valence-electron chi connectivity index (χ1n) is 6.57. The molecule has 6 nitrogen and oxygen atoms in total. The molecule has 0 aliphatic rings. The van der Waals surface area contributed by atoms with Gasteiger partial charge >= 0.3 is 17.9 Å². The van der Waals surface area contributed by atoms with E-state index in [4.69, 9.17) is 0 Å². The van der Waals surface area contributed by atoms with Gasteiger partial charge in [-0.15, -0.1) is 0 Å². The molecule has 0 aromatic heterocycles. The Hall–Kier alpha value is -2.37. The maximum atomic E-state index is 10.3. The highest BCUT2D eigenvalue weighted by Gasteiger charge is 1.95. The van der Waals surface area contributed by atoms with E-state index >= 15 is 0 Å². The molecule has 0 aromatic rings. The zero-order chi connectivity index (χ0) is 18.0. The van der Waals surface area contributed by atoms with Crippen molar-refractivity contribution in [1.29, 1.82) is 0 Å². The second-order valence-electron chi connectivity index (χ2n) is 3.77. The van der Waals surface area contributed by atoms with Gasteiger partial charge in [0.05, 0.1) is 20.0 Å². The second kappa shape index (κ2) is 18.6. The van der Waals surface area contributed by atoms with Crippen LogP contribution in [0, 0.1) is 0 Å². The van der Waals surface area contributed by atoms with Crippen molar-refractivity contribution in [3.63, 3.8) is 0 Å². The van der Waals surface area contributed by atoms with Gasteiger partial charge in [0.15, 0.2) is 0 Å². The number of ether oxygens (including phenoxy) is 3. The van der Waals surface area contributed by atoms with Crippen molar-refractivity contribution in [3.8, 4) is 0 Å². The van der Waals surface area contributed by atoms with Crippen molar-refractivity contribution in [2.24, 2.45) is 0 Å². The SMILES string of the molecule is C=C(C)C(=O)OC.C=CC(=O)OCCCC.C=COC(C)=O. The Labute approximate surface area is 132 Å². The van der Waals surface area contributed by atoms with Crippen molar-refractivity contribution in [1.82, 2.24) is 0 Å². The number of carbonyl (C=O) groups excluding carboxylic acids is 3. The molecule has 0 saturated carbocycles. The van der Waals surface area contributed by atoms with Crippen LogP contribution >= 0.6 is 0 Å².